The molecule has 0 spiro atoms. The van der Waals surface area contributed by atoms with Gasteiger partial charge in [-0.1, -0.05) is 0 Å². The van der Waals surface area contributed by atoms with Gasteiger partial charge in [0.25, 0.3) is 0 Å². The van der Waals surface area contributed by atoms with Crippen molar-refractivity contribution in [3.05, 3.63) is 16.1 Å². The highest BCUT2D eigenvalue weighted by atomic mass is 32.1. The SMILES string of the molecule is COC1(c2nc(CO)cs2)CCC1. The fraction of sp³-hybridized carbons (Fsp3) is 0.667. The van der Waals surface area contributed by atoms with Crippen LogP contribution in [-0.4, -0.2) is 17.2 Å². The maximum Gasteiger partial charge on any atom is 0.125 e. The van der Waals surface area contributed by atoms with E-state index in [1.807, 2.05) is 5.38 Å². The molecule has 0 amide bonds. The molecule has 4 heteroatoms. The fourth-order valence-electron chi connectivity index (χ4n) is 1.59. The molecule has 72 valence electrons. The van der Waals surface area contributed by atoms with Crippen LogP contribution < -0.4 is 0 Å². The van der Waals surface area contributed by atoms with Gasteiger partial charge in [0.2, 0.25) is 0 Å². The Morgan fingerprint density at radius 1 is 1.69 bits per heavy atom. The molecule has 1 fully saturated rings. The van der Waals surface area contributed by atoms with E-state index in [1.54, 1.807) is 18.4 Å². The van der Waals surface area contributed by atoms with Gasteiger partial charge >= 0.3 is 0 Å². The van der Waals surface area contributed by atoms with E-state index in [2.05, 4.69) is 4.98 Å². The summed E-state index contributed by atoms with van der Waals surface area (Å²) < 4.78 is 5.48. The largest absolute Gasteiger partial charge is 0.390 e. The quantitative estimate of drug-likeness (QED) is 0.805. The normalized spacial score (nSPS) is 19.8. The molecule has 2 rings (SSSR count). The molecule has 3 nitrogen and oxygen atoms in total. The monoisotopic (exact) mass is 199 g/mol. The maximum absolute atomic E-state index is 8.88. The first-order chi connectivity index (χ1) is 6.30. The summed E-state index contributed by atoms with van der Waals surface area (Å²) in [5, 5.41) is 11.8. The lowest BCUT2D eigenvalue weighted by Crippen LogP contribution is -2.35. The second kappa shape index (κ2) is 3.36. The van der Waals surface area contributed by atoms with E-state index >= 15 is 0 Å². The predicted molar refractivity (Wildman–Crippen MR) is 50.6 cm³/mol. The van der Waals surface area contributed by atoms with E-state index in [0.717, 1.165) is 23.5 Å². The van der Waals surface area contributed by atoms with Crippen molar-refractivity contribution in [2.45, 2.75) is 31.5 Å². The molecule has 0 aromatic carbocycles. The molecule has 1 aromatic heterocycles. The van der Waals surface area contributed by atoms with Crippen molar-refractivity contribution in [3.63, 3.8) is 0 Å². The second-order valence-electron chi connectivity index (χ2n) is 3.35. The van der Waals surface area contributed by atoms with Gasteiger partial charge in [0.15, 0.2) is 0 Å². The Hall–Kier alpha value is -0.450. The van der Waals surface area contributed by atoms with Crippen LogP contribution >= 0.6 is 11.3 Å². The highest BCUT2D eigenvalue weighted by molar-refractivity contribution is 7.09. The summed E-state index contributed by atoms with van der Waals surface area (Å²) in [5.74, 6) is 0. The molecule has 13 heavy (non-hydrogen) atoms. The van der Waals surface area contributed by atoms with Gasteiger partial charge in [-0.3, -0.25) is 0 Å². The Kier molecular flexibility index (Phi) is 2.36. The summed E-state index contributed by atoms with van der Waals surface area (Å²) in [6, 6.07) is 0. The average Bonchev–Trinajstić information content (AvgIpc) is 2.52. The minimum Gasteiger partial charge on any atom is -0.390 e. The molecular formula is C9H13NO2S. The van der Waals surface area contributed by atoms with Crippen LogP contribution in [0.15, 0.2) is 5.38 Å². The third-order valence-electron chi connectivity index (χ3n) is 2.66. The third kappa shape index (κ3) is 1.39. The van der Waals surface area contributed by atoms with Crippen molar-refractivity contribution in [1.82, 2.24) is 4.98 Å². The number of aliphatic hydroxyl groups excluding tert-OH is 1. The van der Waals surface area contributed by atoms with Gasteiger partial charge in [0, 0.05) is 12.5 Å². The number of hydrogen-bond acceptors (Lipinski definition) is 4. The first kappa shape index (κ1) is 9.12. The Labute approximate surface area is 81.4 Å². The molecule has 1 heterocycles. The third-order valence-corrected chi connectivity index (χ3v) is 3.73. The minimum atomic E-state index is -0.127. The van der Waals surface area contributed by atoms with Crippen LogP contribution in [0.3, 0.4) is 0 Å². The van der Waals surface area contributed by atoms with Crippen molar-refractivity contribution in [2.24, 2.45) is 0 Å². The van der Waals surface area contributed by atoms with Gasteiger partial charge in [0.1, 0.15) is 10.6 Å². The number of hydrogen-bond donors (Lipinski definition) is 1. The zero-order valence-electron chi connectivity index (χ0n) is 7.62. The van der Waals surface area contributed by atoms with Gasteiger partial charge in [-0.15, -0.1) is 11.3 Å². The Morgan fingerprint density at radius 2 is 2.46 bits per heavy atom. The summed E-state index contributed by atoms with van der Waals surface area (Å²) in [4.78, 5) is 4.34. The molecule has 0 radical (unpaired) electrons. The van der Waals surface area contributed by atoms with Crippen LogP contribution in [-0.2, 0) is 16.9 Å². The smallest absolute Gasteiger partial charge is 0.125 e. The standard InChI is InChI=1S/C9H13NO2S/c1-12-9(3-2-4-9)8-10-7(5-11)6-13-8/h6,11H,2-5H2,1H3. The lowest BCUT2D eigenvalue weighted by atomic mass is 9.80. The molecule has 1 aliphatic carbocycles. The number of ether oxygens (including phenoxy) is 1. The van der Waals surface area contributed by atoms with E-state index in [0.29, 0.717) is 0 Å². The van der Waals surface area contributed by atoms with E-state index in [1.165, 1.54) is 6.42 Å². The fourth-order valence-corrected chi connectivity index (χ4v) is 2.64. The first-order valence-electron chi connectivity index (χ1n) is 4.41. The average molecular weight is 199 g/mol. The Balaban J connectivity index is 2.23. The number of methoxy groups -OCH3 is 1. The highest BCUT2D eigenvalue weighted by Crippen LogP contribution is 2.45. The number of nitrogens with zero attached hydrogens (tertiary/aromatic N) is 1. The summed E-state index contributed by atoms with van der Waals surface area (Å²) in [5.41, 5.74) is 0.626. The molecule has 0 aliphatic heterocycles. The van der Waals surface area contributed by atoms with Gasteiger partial charge < -0.3 is 9.84 Å². The lowest BCUT2D eigenvalue weighted by Gasteiger charge is -2.38. The molecule has 0 bridgehead atoms. The van der Waals surface area contributed by atoms with Crippen molar-refractivity contribution >= 4 is 11.3 Å². The van der Waals surface area contributed by atoms with Crippen LogP contribution in [0.25, 0.3) is 0 Å². The van der Waals surface area contributed by atoms with Gasteiger partial charge in [-0.25, -0.2) is 4.98 Å². The van der Waals surface area contributed by atoms with Crippen molar-refractivity contribution < 1.29 is 9.84 Å². The van der Waals surface area contributed by atoms with Crippen molar-refractivity contribution in [2.75, 3.05) is 7.11 Å². The van der Waals surface area contributed by atoms with Crippen LogP contribution in [0.2, 0.25) is 0 Å². The molecule has 1 aromatic rings. The minimum absolute atomic E-state index is 0.0241. The topological polar surface area (TPSA) is 42.4 Å². The zero-order chi connectivity index (χ0) is 9.31. The number of rotatable bonds is 3. The predicted octanol–water partition coefficient (Wildman–Crippen LogP) is 1.66. The number of aliphatic hydroxyl groups is 1. The highest BCUT2D eigenvalue weighted by Gasteiger charge is 2.41. The maximum atomic E-state index is 8.88. The summed E-state index contributed by atoms with van der Waals surface area (Å²) in [7, 11) is 1.74. The van der Waals surface area contributed by atoms with Gasteiger partial charge in [-0.05, 0) is 19.3 Å². The zero-order valence-corrected chi connectivity index (χ0v) is 8.43. The number of aromatic nitrogens is 1. The van der Waals surface area contributed by atoms with Crippen LogP contribution in [0.1, 0.15) is 30.0 Å². The number of thiazole rings is 1. The Bertz CT molecular complexity index is 288. The molecule has 1 saturated carbocycles. The summed E-state index contributed by atoms with van der Waals surface area (Å²) in [6.07, 6.45) is 3.33. The van der Waals surface area contributed by atoms with E-state index in [9.17, 15) is 0 Å². The van der Waals surface area contributed by atoms with Crippen molar-refractivity contribution in [3.8, 4) is 0 Å². The first-order valence-corrected chi connectivity index (χ1v) is 5.29. The van der Waals surface area contributed by atoms with Gasteiger partial charge in [-0.2, -0.15) is 0 Å². The van der Waals surface area contributed by atoms with E-state index in [4.69, 9.17) is 9.84 Å². The van der Waals surface area contributed by atoms with Gasteiger partial charge in [0.05, 0.1) is 12.3 Å². The van der Waals surface area contributed by atoms with E-state index < -0.39 is 0 Å². The lowest BCUT2D eigenvalue weighted by molar-refractivity contribution is -0.0780. The van der Waals surface area contributed by atoms with Crippen molar-refractivity contribution in [1.29, 1.82) is 0 Å². The molecule has 1 aliphatic rings. The molecule has 1 N–H and O–H groups in total. The summed E-state index contributed by atoms with van der Waals surface area (Å²) in [6.45, 7) is 0.0241. The van der Waals surface area contributed by atoms with E-state index in [-0.39, 0.29) is 12.2 Å². The van der Waals surface area contributed by atoms with Crippen LogP contribution in [0.5, 0.6) is 0 Å². The molecule has 0 saturated heterocycles. The molecule has 0 unspecified atom stereocenters. The summed E-state index contributed by atoms with van der Waals surface area (Å²) >= 11 is 1.59. The molecule has 0 atom stereocenters. The Morgan fingerprint density at radius 3 is 2.85 bits per heavy atom. The van der Waals surface area contributed by atoms with Crippen LogP contribution in [0, 0.1) is 0 Å². The van der Waals surface area contributed by atoms with Crippen LogP contribution in [0.4, 0.5) is 0 Å². The molecular weight excluding hydrogens is 186 g/mol. The second-order valence-corrected chi connectivity index (χ2v) is 4.21.